The van der Waals surface area contributed by atoms with E-state index in [0.717, 1.165) is 23.2 Å². The fraction of sp³-hybridized carbons (Fsp3) is 0.174. The van der Waals surface area contributed by atoms with Gasteiger partial charge in [-0.3, -0.25) is 14.6 Å². The van der Waals surface area contributed by atoms with Gasteiger partial charge in [-0.25, -0.2) is 4.39 Å². The molecule has 0 spiro atoms. The van der Waals surface area contributed by atoms with Crippen molar-refractivity contribution in [1.82, 2.24) is 10.3 Å². The van der Waals surface area contributed by atoms with Crippen LogP contribution < -0.4 is 10.2 Å². The van der Waals surface area contributed by atoms with E-state index >= 15 is 0 Å². The molecule has 0 atom stereocenters. The molecule has 1 aliphatic rings. The molecule has 1 N–H and O–H groups in total. The van der Waals surface area contributed by atoms with Crippen LogP contribution in [-0.2, 0) is 12.8 Å². The number of nitrogens with zero attached hydrogens (tertiary/aromatic N) is 2. The predicted octanol–water partition coefficient (Wildman–Crippen LogP) is 3.40. The number of halogens is 1. The molecule has 2 amide bonds. The summed E-state index contributed by atoms with van der Waals surface area (Å²) < 4.78 is 12.9. The zero-order valence-electron chi connectivity index (χ0n) is 15.8. The molecule has 0 bridgehead atoms. The van der Waals surface area contributed by atoms with Crippen LogP contribution in [0.2, 0.25) is 0 Å². The van der Waals surface area contributed by atoms with Crippen molar-refractivity contribution in [2.45, 2.75) is 12.8 Å². The monoisotopic (exact) mass is 389 g/mol. The summed E-state index contributed by atoms with van der Waals surface area (Å²) in [5, 5.41) is 2.83. The van der Waals surface area contributed by atoms with Crippen LogP contribution in [0.4, 0.5) is 10.1 Å². The first-order chi connectivity index (χ1) is 14.1. The predicted molar refractivity (Wildman–Crippen MR) is 108 cm³/mol. The highest BCUT2D eigenvalue weighted by atomic mass is 19.1. The number of amides is 2. The Bertz CT molecular complexity index is 1050. The molecule has 2 heterocycles. The first kappa shape index (κ1) is 18.8. The molecule has 0 saturated heterocycles. The first-order valence-corrected chi connectivity index (χ1v) is 9.50. The Morgan fingerprint density at radius 2 is 1.86 bits per heavy atom. The van der Waals surface area contributed by atoms with Crippen molar-refractivity contribution in [1.29, 1.82) is 0 Å². The van der Waals surface area contributed by atoms with Gasteiger partial charge < -0.3 is 10.2 Å². The molecule has 1 aliphatic heterocycles. The Morgan fingerprint density at radius 3 is 2.69 bits per heavy atom. The number of hydrogen-bond donors (Lipinski definition) is 1. The van der Waals surface area contributed by atoms with E-state index in [1.807, 2.05) is 24.3 Å². The van der Waals surface area contributed by atoms with Crippen LogP contribution in [-0.4, -0.2) is 29.9 Å². The third kappa shape index (κ3) is 4.16. The van der Waals surface area contributed by atoms with Crippen molar-refractivity contribution < 1.29 is 14.0 Å². The van der Waals surface area contributed by atoms with Crippen LogP contribution in [0, 0.1) is 5.82 Å². The normalized spacial score (nSPS) is 12.5. The number of benzene rings is 2. The summed E-state index contributed by atoms with van der Waals surface area (Å²) in [6.45, 7) is 1.02. The van der Waals surface area contributed by atoms with Gasteiger partial charge in [-0.2, -0.15) is 0 Å². The fourth-order valence-electron chi connectivity index (χ4n) is 3.45. The number of anilines is 1. The average Bonchev–Trinajstić information content (AvgIpc) is 3.19. The molecule has 3 aromatic rings. The Hall–Kier alpha value is -3.54. The van der Waals surface area contributed by atoms with Gasteiger partial charge in [0.1, 0.15) is 11.5 Å². The molecule has 146 valence electrons. The van der Waals surface area contributed by atoms with E-state index in [1.54, 1.807) is 23.1 Å². The minimum absolute atomic E-state index is 0.212. The minimum Gasteiger partial charge on any atom is -0.352 e. The lowest BCUT2D eigenvalue weighted by molar-refractivity contribution is 0.0954. The van der Waals surface area contributed by atoms with Crippen LogP contribution >= 0.6 is 0 Å². The summed E-state index contributed by atoms with van der Waals surface area (Å²) in [5.74, 6) is -0.770. The lowest BCUT2D eigenvalue weighted by Gasteiger charge is -2.17. The minimum atomic E-state index is -0.285. The Balaban J connectivity index is 1.41. The van der Waals surface area contributed by atoms with E-state index in [4.69, 9.17) is 0 Å². The topological polar surface area (TPSA) is 62.3 Å². The molecule has 0 unspecified atom stereocenters. The number of fused-ring (bicyclic) bond motifs is 1. The van der Waals surface area contributed by atoms with Crippen LogP contribution in [0.5, 0.6) is 0 Å². The smallest absolute Gasteiger partial charge is 0.276 e. The standard InChI is InChI=1S/C23H20FN3O2/c24-19-7-5-16(6-8-19)9-12-26-22(28)18-10-13-25-20(15-18)23(29)27-14-11-17-3-1-2-4-21(17)27/h1-8,10,13,15H,9,11-12,14H2,(H,26,28). The van der Waals surface area contributed by atoms with Crippen LogP contribution in [0.1, 0.15) is 32.0 Å². The van der Waals surface area contributed by atoms with E-state index in [-0.39, 0.29) is 23.3 Å². The van der Waals surface area contributed by atoms with Gasteiger partial charge in [0.25, 0.3) is 11.8 Å². The summed E-state index contributed by atoms with van der Waals surface area (Å²) in [5.41, 5.74) is 3.59. The second-order valence-electron chi connectivity index (χ2n) is 6.90. The van der Waals surface area contributed by atoms with Gasteiger partial charge >= 0.3 is 0 Å². The van der Waals surface area contributed by atoms with Gasteiger partial charge in [-0.05, 0) is 54.3 Å². The van der Waals surface area contributed by atoms with Gasteiger partial charge in [-0.15, -0.1) is 0 Å². The van der Waals surface area contributed by atoms with Crippen molar-refractivity contribution in [3.63, 3.8) is 0 Å². The number of carbonyl (C=O) groups is 2. The second-order valence-corrected chi connectivity index (χ2v) is 6.90. The molecule has 6 heteroatoms. The lowest BCUT2D eigenvalue weighted by atomic mass is 10.1. The van der Waals surface area contributed by atoms with Gasteiger partial charge in [0, 0.05) is 30.5 Å². The molecule has 5 nitrogen and oxygen atoms in total. The van der Waals surface area contributed by atoms with Crippen molar-refractivity contribution >= 4 is 17.5 Å². The van der Waals surface area contributed by atoms with Crippen molar-refractivity contribution in [2.75, 3.05) is 18.0 Å². The maximum absolute atomic E-state index is 12.9. The van der Waals surface area contributed by atoms with Gasteiger partial charge in [0.15, 0.2) is 0 Å². The van der Waals surface area contributed by atoms with Crippen molar-refractivity contribution in [3.05, 3.63) is 95.1 Å². The van der Waals surface area contributed by atoms with Gasteiger partial charge in [0.2, 0.25) is 0 Å². The Labute approximate surface area is 168 Å². The lowest BCUT2D eigenvalue weighted by Crippen LogP contribution is -2.30. The number of hydrogen-bond acceptors (Lipinski definition) is 3. The Morgan fingerprint density at radius 1 is 1.07 bits per heavy atom. The number of rotatable bonds is 5. The quantitative estimate of drug-likeness (QED) is 0.728. The third-order valence-electron chi connectivity index (χ3n) is 4.99. The Kier molecular flexibility index (Phi) is 5.33. The molecule has 0 fully saturated rings. The maximum atomic E-state index is 12.9. The summed E-state index contributed by atoms with van der Waals surface area (Å²) in [6, 6.07) is 17.1. The molecule has 0 saturated carbocycles. The first-order valence-electron chi connectivity index (χ1n) is 9.50. The summed E-state index contributed by atoms with van der Waals surface area (Å²) in [7, 11) is 0. The summed E-state index contributed by atoms with van der Waals surface area (Å²) in [6.07, 6.45) is 2.88. The van der Waals surface area contributed by atoms with E-state index in [9.17, 15) is 14.0 Å². The van der Waals surface area contributed by atoms with E-state index < -0.39 is 0 Å². The van der Waals surface area contributed by atoms with Crippen LogP contribution in [0.3, 0.4) is 0 Å². The third-order valence-corrected chi connectivity index (χ3v) is 4.99. The molecule has 1 aromatic heterocycles. The molecule has 29 heavy (non-hydrogen) atoms. The number of nitrogens with one attached hydrogen (secondary N) is 1. The zero-order chi connectivity index (χ0) is 20.2. The second kappa shape index (κ2) is 8.22. The van der Waals surface area contributed by atoms with E-state index in [0.29, 0.717) is 25.1 Å². The van der Waals surface area contributed by atoms with Gasteiger partial charge in [-0.1, -0.05) is 30.3 Å². The highest BCUT2D eigenvalue weighted by Crippen LogP contribution is 2.28. The highest BCUT2D eigenvalue weighted by molar-refractivity contribution is 6.07. The van der Waals surface area contributed by atoms with E-state index in [1.165, 1.54) is 24.4 Å². The fourth-order valence-corrected chi connectivity index (χ4v) is 3.45. The number of para-hydroxylation sites is 1. The van der Waals surface area contributed by atoms with Gasteiger partial charge in [0.05, 0.1) is 0 Å². The van der Waals surface area contributed by atoms with E-state index in [2.05, 4.69) is 10.3 Å². The summed E-state index contributed by atoms with van der Waals surface area (Å²) >= 11 is 0. The number of pyridine rings is 1. The van der Waals surface area contributed by atoms with Crippen LogP contribution in [0.15, 0.2) is 66.9 Å². The number of carbonyl (C=O) groups excluding carboxylic acids is 2. The molecular formula is C23H20FN3O2. The molecule has 0 radical (unpaired) electrons. The molecule has 4 rings (SSSR count). The number of aromatic nitrogens is 1. The van der Waals surface area contributed by atoms with Crippen LogP contribution in [0.25, 0.3) is 0 Å². The molecule has 0 aliphatic carbocycles. The molecular weight excluding hydrogens is 369 g/mol. The maximum Gasteiger partial charge on any atom is 0.276 e. The van der Waals surface area contributed by atoms with Crippen molar-refractivity contribution in [2.24, 2.45) is 0 Å². The van der Waals surface area contributed by atoms with Crippen molar-refractivity contribution in [3.8, 4) is 0 Å². The average molecular weight is 389 g/mol. The zero-order valence-corrected chi connectivity index (χ0v) is 15.8. The SMILES string of the molecule is O=C(NCCc1ccc(F)cc1)c1ccnc(C(=O)N2CCc3ccccc32)c1. The largest absolute Gasteiger partial charge is 0.352 e. The highest BCUT2D eigenvalue weighted by Gasteiger charge is 2.26. The summed E-state index contributed by atoms with van der Waals surface area (Å²) in [4.78, 5) is 31.2. The molecule has 2 aromatic carbocycles.